The Balaban J connectivity index is 2.29. The number of benzene rings is 1. The molecule has 0 atom stereocenters. The quantitative estimate of drug-likeness (QED) is 0.804. The van der Waals surface area contributed by atoms with Crippen molar-refractivity contribution in [2.24, 2.45) is 0 Å². The topological polar surface area (TPSA) is 34.9 Å². The molecule has 0 bridgehead atoms. The van der Waals surface area contributed by atoms with Crippen LogP contribution in [0, 0.1) is 12.7 Å². The predicted molar refractivity (Wildman–Crippen MR) is 72.1 cm³/mol. The van der Waals surface area contributed by atoms with Crippen LogP contribution in [-0.4, -0.2) is 15.6 Å². The van der Waals surface area contributed by atoms with Gasteiger partial charge in [-0.1, -0.05) is 23.7 Å². The molecule has 0 spiro atoms. The zero-order valence-electron chi connectivity index (χ0n) is 10.8. The molecular formula is C14H14ClFN2O. The van der Waals surface area contributed by atoms with Crippen molar-refractivity contribution in [2.45, 2.75) is 26.8 Å². The largest absolute Gasteiger partial charge is 0.294 e. The summed E-state index contributed by atoms with van der Waals surface area (Å²) in [6, 6.07) is 5.66. The Hall–Kier alpha value is -1.68. The molecule has 0 aliphatic carbocycles. The smallest absolute Gasteiger partial charge is 0.168 e. The minimum atomic E-state index is -0.419. The molecule has 0 fully saturated rings. The maximum absolute atomic E-state index is 13.1. The first-order chi connectivity index (χ1) is 9.02. The van der Waals surface area contributed by atoms with Gasteiger partial charge in [0.1, 0.15) is 5.82 Å². The second-order valence-corrected chi connectivity index (χ2v) is 4.65. The zero-order chi connectivity index (χ0) is 14.0. The Morgan fingerprint density at radius 1 is 1.47 bits per heavy atom. The Morgan fingerprint density at radius 2 is 2.21 bits per heavy atom. The maximum Gasteiger partial charge on any atom is 0.168 e. The molecule has 1 aromatic heterocycles. The van der Waals surface area contributed by atoms with E-state index < -0.39 is 5.82 Å². The molecular weight excluding hydrogens is 267 g/mol. The average molecular weight is 281 g/mol. The van der Waals surface area contributed by atoms with E-state index in [9.17, 15) is 9.18 Å². The van der Waals surface area contributed by atoms with Crippen LogP contribution in [0.2, 0.25) is 5.02 Å². The highest BCUT2D eigenvalue weighted by molar-refractivity contribution is 6.32. The fourth-order valence-electron chi connectivity index (χ4n) is 1.95. The van der Waals surface area contributed by atoms with Crippen molar-refractivity contribution >= 4 is 17.4 Å². The number of aryl methyl sites for hydroxylation is 2. The minimum absolute atomic E-state index is 0.122. The second kappa shape index (κ2) is 5.53. The molecule has 2 rings (SSSR count). The monoisotopic (exact) mass is 280 g/mol. The van der Waals surface area contributed by atoms with E-state index in [1.165, 1.54) is 18.2 Å². The van der Waals surface area contributed by atoms with Crippen LogP contribution in [0.3, 0.4) is 0 Å². The summed E-state index contributed by atoms with van der Waals surface area (Å²) in [5.74, 6) is -0.590. The highest BCUT2D eigenvalue weighted by atomic mass is 35.5. The van der Waals surface area contributed by atoms with Gasteiger partial charge in [-0.3, -0.25) is 9.48 Å². The first kappa shape index (κ1) is 13.7. The lowest BCUT2D eigenvalue weighted by molar-refractivity contribution is 0.0990. The van der Waals surface area contributed by atoms with E-state index >= 15 is 0 Å². The summed E-state index contributed by atoms with van der Waals surface area (Å²) in [5.41, 5.74) is 1.72. The summed E-state index contributed by atoms with van der Waals surface area (Å²) in [6.45, 7) is 4.36. The summed E-state index contributed by atoms with van der Waals surface area (Å²) in [6.07, 6.45) is 0.122. The van der Waals surface area contributed by atoms with Gasteiger partial charge in [0.2, 0.25) is 0 Å². The van der Waals surface area contributed by atoms with Crippen LogP contribution in [0.5, 0.6) is 0 Å². The van der Waals surface area contributed by atoms with Gasteiger partial charge in [-0.25, -0.2) is 4.39 Å². The molecule has 0 saturated heterocycles. The molecule has 19 heavy (non-hydrogen) atoms. The van der Waals surface area contributed by atoms with Gasteiger partial charge in [0.15, 0.2) is 5.78 Å². The summed E-state index contributed by atoms with van der Waals surface area (Å²) in [5, 5.41) is 4.76. The van der Waals surface area contributed by atoms with E-state index in [4.69, 9.17) is 11.6 Å². The van der Waals surface area contributed by atoms with Crippen molar-refractivity contribution in [1.29, 1.82) is 0 Å². The van der Waals surface area contributed by atoms with Crippen LogP contribution >= 0.6 is 11.6 Å². The van der Waals surface area contributed by atoms with Gasteiger partial charge in [0.05, 0.1) is 22.8 Å². The fraction of sp³-hybridized carbons (Fsp3) is 0.286. The first-order valence-corrected chi connectivity index (χ1v) is 6.41. The number of Topliss-reactive ketones (excluding diaryl/α,β-unsaturated/α-hetero) is 1. The molecule has 0 amide bonds. The number of halogens is 2. The van der Waals surface area contributed by atoms with Crippen molar-refractivity contribution in [3.05, 3.63) is 52.1 Å². The summed E-state index contributed by atoms with van der Waals surface area (Å²) in [4.78, 5) is 12.1. The molecule has 0 unspecified atom stereocenters. The first-order valence-electron chi connectivity index (χ1n) is 6.03. The molecule has 0 N–H and O–H groups in total. The second-order valence-electron chi connectivity index (χ2n) is 4.27. The van der Waals surface area contributed by atoms with Crippen LogP contribution in [0.25, 0.3) is 0 Å². The van der Waals surface area contributed by atoms with Crippen LogP contribution in [0.15, 0.2) is 24.3 Å². The van der Waals surface area contributed by atoms with E-state index in [1.807, 2.05) is 6.92 Å². The van der Waals surface area contributed by atoms with Crippen LogP contribution in [0.1, 0.15) is 28.7 Å². The number of hydrogen-bond acceptors (Lipinski definition) is 2. The summed E-state index contributed by atoms with van der Waals surface area (Å²) in [7, 11) is 0. The van der Waals surface area contributed by atoms with Crippen molar-refractivity contribution < 1.29 is 9.18 Å². The van der Waals surface area contributed by atoms with Gasteiger partial charge < -0.3 is 0 Å². The van der Waals surface area contributed by atoms with E-state index in [0.717, 1.165) is 0 Å². The van der Waals surface area contributed by atoms with Gasteiger partial charge in [0.25, 0.3) is 0 Å². The zero-order valence-corrected chi connectivity index (χ0v) is 11.5. The molecule has 2 aromatic rings. The molecule has 0 saturated carbocycles. The van der Waals surface area contributed by atoms with Gasteiger partial charge in [0, 0.05) is 12.1 Å². The van der Waals surface area contributed by atoms with Crippen molar-refractivity contribution in [3.8, 4) is 0 Å². The molecule has 5 heteroatoms. The Kier molecular flexibility index (Phi) is 4.00. The van der Waals surface area contributed by atoms with E-state index in [1.54, 1.807) is 17.7 Å². The predicted octanol–water partition coefficient (Wildman–Crippen LogP) is 3.43. The fourth-order valence-corrected chi connectivity index (χ4v) is 2.16. The highest BCUT2D eigenvalue weighted by Gasteiger charge is 2.17. The third-order valence-corrected chi connectivity index (χ3v) is 3.42. The molecule has 0 radical (unpaired) electrons. The number of carbonyl (C=O) groups excluding carboxylic acids is 1. The Morgan fingerprint density at radius 3 is 2.84 bits per heavy atom. The van der Waals surface area contributed by atoms with Crippen molar-refractivity contribution in [2.75, 3.05) is 0 Å². The third kappa shape index (κ3) is 2.84. The molecule has 100 valence electrons. The van der Waals surface area contributed by atoms with E-state index in [0.29, 0.717) is 28.5 Å². The normalized spacial score (nSPS) is 10.7. The third-order valence-electron chi connectivity index (χ3n) is 2.93. The minimum Gasteiger partial charge on any atom is -0.294 e. The number of carbonyl (C=O) groups is 1. The van der Waals surface area contributed by atoms with E-state index in [-0.39, 0.29) is 12.2 Å². The average Bonchev–Trinajstić information content (AvgIpc) is 2.66. The number of nitrogens with zero attached hydrogens (tertiary/aromatic N) is 2. The number of ketones is 1. The van der Waals surface area contributed by atoms with Crippen LogP contribution in [0.4, 0.5) is 4.39 Å². The summed E-state index contributed by atoms with van der Waals surface area (Å²) < 4.78 is 14.8. The Labute approximate surface area is 116 Å². The molecule has 1 heterocycles. The van der Waals surface area contributed by atoms with Gasteiger partial charge >= 0.3 is 0 Å². The van der Waals surface area contributed by atoms with Crippen molar-refractivity contribution in [1.82, 2.24) is 9.78 Å². The van der Waals surface area contributed by atoms with Crippen LogP contribution < -0.4 is 0 Å². The van der Waals surface area contributed by atoms with Crippen molar-refractivity contribution in [3.63, 3.8) is 0 Å². The number of hydrogen-bond donors (Lipinski definition) is 0. The van der Waals surface area contributed by atoms with Gasteiger partial charge in [-0.05, 0) is 26.0 Å². The molecule has 3 nitrogen and oxygen atoms in total. The highest BCUT2D eigenvalue weighted by Crippen LogP contribution is 2.22. The molecule has 1 aromatic carbocycles. The lowest BCUT2D eigenvalue weighted by atomic mass is 10.1. The lowest BCUT2D eigenvalue weighted by Gasteiger charge is -2.05. The van der Waals surface area contributed by atoms with E-state index in [2.05, 4.69) is 5.10 Å². The maximum atomic E-state index is 13.1. The molecule has 0 aliphatic heterocycles. The van der Waals surface area contributed by atoms with Crippen LogP contribution in [-0.2, 0) is 13.0 Å². The Bertz CT molecular complexity index is 622. The standard InChI is InChI=1S/C14H14ClFN2O/c1-3-18-12(14(15)9(2)17-18)8-13(19)10-5-4-6-11(16)7-10/h4-7H,3,8H2,1-2H3. The molecule has 0 aliphatic rings. The lowest BCUT2D eigenvalue weighted by Crippen LogP contribution is -2.10. The van der Waals surface area contributed by atoms with Gasteiger partial charge in [-0.2, -0.15) is 5.10 Å². The number of rotatable bonds is 4. The number of aromatic nitrogens is 2. The SMILES string of the molecule is CCn1nc(C)c(Cl)c1CC(=O)c1cccc(F)c1. The van der Waals surface area contributed by atoms with Gasteiger partial charge in [-0.15, -0.1) is 0 Å². The summed E-state index contributed by atoms with van der Waals surface area (Å²) >= 11 is 6.15.